The minimum atomic E-state index is -0.105. The number of benzene rings is 1. The van der Waals surface area contributed by atoms with E-state index in [2.05, 4.69) is 0 Å². The van der Waals surface area contributed by atoms with E-state index in [-0.39, 0.29) is 12.5 Å². The van der Waals surface area contributed by atoms with E-state index < -0.39 is 0 Å². The molecule has 2 N–H and O–H groups in total. The number of hydrogen-bond donors (Lipinski definition) is 1. The van der Waals surface area contributed by atoms with Crippen LogP contribution in [0.5, 0.6) is 0 Å². The van der Waals surface area contributed by atoms with E-state index >= 15 is 0 Å². The molecule has 17 heavy (non-hydrogen) atoms. The highest BCUT2D eigenvalue weighted by Gasteiger charge is 2.11. The zero-order valence-electron chi connectivity index (χ0n) is 9.97. The molecule has 1 amide bonds. The lowest BCUT2D eigenvalue weighted by Gasteiger charge is -2.17. The van der Waals surface area contributed by atoms with E-state index in [0.29, 0.717) is 11.6 Å². The number of thiocarbonyl (C=S) groups is 1. The number of carbonyl (C=O) groups is 1. The van der Waals surface area contributed by atoms with Gasteiger partial charge in [0.15, 0.2) is 0 Å². The zero-order valence-corrected chi connectivity index (χ0v) is 10.8. The monoisotopic (exact) mass is 252 g/mol. The van der Waals surface area contributed by atoms with Crippen molar-refractivity contribution in [2.24, 2.45) is 5.73 Å². The van der Waals surface area contributed by atoms with Crippen LogP contribution >= 0.6 is 12.2 Å². The molecule has 0 aromatic heterocycles. The van der Waals surface area contributed by atoms with Crippen molar-refractivity contribution in [3.05, 3.63) is 29.8 Å². The van der Waals surface area contributed by atoms with Crippen LogP contribution in [0.4, 0.5) is 5.69 Å². The first-order chi connectivity index (χ1) is 8.06. The molecule has 0 aliphatic heterocycles. The fourth-order valence-electron chi connectivity index (χ4n) is 1.30. The SMILES string of the molecule is CCOCC(=O)N(C)c1cccc(C(N)=S)c1. The number of ether oxygens (including phenoxy) is 1. The van der Waals surface area contributed by atoms with Gasteiger partial charge in [0, 0.05) is 24.9 Å². The first kappa shape index (κ1) is 13.6. The Kier molecular flexibility index (Phi) is 5.06. The number of hydrogen-bond acceptors (Lipinski definition) is 3. The second-order valence-corrected chi connectivity index (χ2v) is 3.94. The molecule has 5 heteroatoms. The van der Waals surface area contributed by atoms with Crippen LogP contribution in [-0.2, 0) is 9.53 Å². The smallest absolute Gasteiger partial charge is 0.252 e. The molecular weight excluding hydrogens is 236 g/mol. The van der Waals surface area contributed by atoms with Crippen molar-refractivity contribution in [1.82, 2.24) is 0 Å². The van der Waals surface area contributed by atoms with Crippen LogP contribution in [0.1, 0.15) is 12.5 Å². The Morgan fingerprint density at radius 3 is 2.82 bits per heavy atom. The van der Waals surface area contributed by atoms with Gasteiger partial charge in [-0.15, -0.1) is 0 Å². The molecule has 0 unspecified atom stereocenters. The van der Waals surface area contributed by atoms with Crippen LogP contribution in [0.25, 0.3) is 0 Å². The topological polar surface area (TPSA) is 55.6 Å². The van der Waals surface area contributed by atoms with Crippen molar-refractivity contribution in [1.29, 1.82) is 0 Å². The third-order valence-corrected chi connectivity index (χ3v) is 2.56. The molecule has 0 atom stereocenters. The number of amides is 1. The summed E-state index contributed by atoms with van der Waals surface area (Å²) < 4.78 is 5.07. The molecule has 0 heterocycles. The number of nitrogens with zero attached hydrogens (tertiary/aromatic N) is 1. The molecule has 0 fully saturated rings. The first-order valence-electron chi connectivity index (χ1n) is 5.30. The molecule has 92 valence electrons. The molecule has 0 radical (unpaired) electrons. The molecule has 0 saturated heterocycles. The standard InChI is InChI=1S/C12H16N2O2S/c1-3-16-8-11(15)14(2)10-6-4-5-9(7-10)12(13)17/h4-7H,3,8H2,1-2H3,(H2,13,17). The summed E-state index contributed by atoms with van der Waals surface area (Å²) >= 11 is 4.89. The van der Waals surface area contributed by atoms with E-state index in [4.69, 9.17) is 22.7 Å². The van der Waals surface area contributed by atoms with Gasteiger partial charge in [-0.05, 0) is 19.1 Å². The highest BCUT2D eigenvalue weighted by Crippen LogP contribution is 2.15. The van der Waals surface area contributed by atoms with Gasteiger partial charge >= 0.3 is 0 Å². The van der Waals surface area contributed by atoms with Crippen molar-refractivity contribution < 1.29 is 9.53 Å². The summed E-state index contributed by atoms with van der Waals surface area (Å²) in [6.07, 6.45) is 0. The van der Waals surface area contributed by atoms with E-state index in [0.717, 1.165) is 11.3 Å². The van der Waals surface area contributed by atoms with Crippen LogP contribution < -0.4 is 10.6 Å². The molecule has 0 aliphatic carbocycles. The fraction of sp³-hybridized carbons (Fsp3) is 0.333. The predicted octanol–water partition coefficient (Wildman–Crippen LogP) is 1.32. The Morgan fingerprint density at radius 1 is 1.53 bits per heavy atom. The predicted molar refractivity (Wildman–Crippen MR) is 72.2 cm³/mol. The second-order valence-electron chi connectivity index (χ2n) is 3.50. The van der Waals surface area contributed by atoms with Crippen molar-refractivity contribution in [3.63, 3.8) is 0 Å². The second kappa shape index (κ2) is 6.32. The normalized spacial score (nSPS) is 10.0. The van der Waals surface area contributed by atoms with Gasteiger partial charge in [0.1, 0.15) is 11.6 Å². The molecule has 0 bridgehead atoms. The molecule has 1 rings (SSSR count). The van der Waals surface area contributed by atoms with Crippen LogP contribution in [0.2, 0.25) is 0 Å². The van der Waals surface area contributed by atoms with E-state index in [1.54, 1.807) is 13.1 Å². The molecule has 1 aromatic rings. The third-order valence-electron chi connectivity index (χ3n) is 2.32. The largest absolute Gasteiger partial charge is 0.389 e. The molecular formula is C12H16N2O2S. The Morgan fingerprint density at radius 2 is 2.24 bits per heavy atom. The molecule has 0 saturated carbocycles. The maximum absolute atomic E-state index is 11.7. The molecule has 4 nitrogen and oxygen atoms in total. The third kappa shape index (κ3) is 3.80. The molecule has 0 aliphatic rings. The lowest BCUT2D eigenvalue weighted by molar-refractivity contribution is -0.122. The van der Waals surface area contributed by atoms with Crippen LogP contribution in [0, 0.1) is 0 Å². The van der Waals surface area contributed by atoms with Gasteiger partial charge in [0.05, 0.1) is 0 Å². The number of anilines is 1. The Hall–Kier alpha value is -1.46. The van der Waals surface area contributed by atoms with Gasteiger partial charge in [-0.3, -0.25) is 4.79 Å². The maximum atomic E-state index is 11.7. The highest BCUT2D eigenvalue weighted by atomic mass is 32.1. The molecule has 1 aromatic carbocycles. The zero-order chi connectivity index (χ0) is 12.8. The Labute approximate surface area is 106 Å². The summed E-state index contributed by atoms with van der Waals surface area (Å²) in [5.74, 6) is -0.105. The number of rotatable bonds is 5. The summed E-state index contributed by atoms with van der Waals surface area (Å²) in [4.78, 5) is 13.6. The van der Waals surface area contributed by atoms with Gasteiger partial charge in [0.2, 0.25) is 0 Å². The number of nitrogens with two attached hydrogens (primary N) is 1. The van der Waals surface area contributed by atoms with Gasteiger partial charge in [-0.2, -0.15) is 0 Å². The summed E-state index contributed by atoms with van der Waals surface area (Å²) in [5.41, 5.74) is 7.04. The van der Waals surface area contributed by atoms with Gasteiger partial charge < -0.3 is 15.4 Å². The van der Waals surface area contributed by atoms with Crippen LogP contribution in [-0.4, -0.2) is 31.2 Å². The summed E-state index contributed by atoms with van der Waals surface area (Å²) in [7, 11) is 1.69. The lowest BCUT2D eigenvalue weighted by atomic mass is 10.2. The van der Waals surface area contributed by atoms with E-state index in [1.165, 1.54) is 4.90 Å². The van der Waals surface area contributed by atoms with Gasteiger partial charge in [-0.1, -0.05) is 24.4 Å². The maximum Gasteiger partial charge on any atom is 0.252 e. The van der Waals surface area contributed by atoms with Crippen LogP contribution in [0.15, 0.2) is 24.3 Å². The fourth-order valence-corrected chi connectivity index (χ4v) is 1.42. The van der Waals surface area contributed by atoms with Crippen molar-refractivity contribution in [2.75, 3.05) is 25.2 Å². The summed E-state index contributed by atoms with van der Waals surface area (Å²) in [6.45, 7) is 2.44. The van der Waals surface area contributed by atoms with Gasteiger partial charge in [-0.25, -0.2) is 0 Å². The van der Waals surface area contributed by atoms with Crippen LogP contribution in [0.3, 0.4) is 0 Å². The Bertz CT molecular complexity index is 421. The number of likely N-dealkylation sites (N-methyl/N-ethyl adjacent to an activating group) is 1. The molecule has 0 spiro atoms. The minimum Gasteiger partial charge on any atom is -0.389 e. The lowest BCUT2D eigenvalue weighted by Crippen LogP contribution is -2.30. The van der Waals surface area contributed by atoms with Gasteiger partial charge in [0.25, 0.3) is 5.91 Å². The first-order valence-corrected chi connectivity index (χ1v) is 5.71. The number of carbonyl (C=O) groups excluding carboxylic acids is 1. The average Bonchev–Trinajstić information content (AvgIpc) is 2.35. The van der Waals surface area contributed by atoms with Crippen molar-refractivity contribution in [3.8, 4) is 0 Å². The Balaban J connectivity index is 2.81. The average molecular weight is 252 g/mol. The van der Waals surface area contributed by atoms with Crippen molar-refractivity contribution in [2.45, 2.75) is 6.92 Å². The van der Waals surface area contributed by atoms with E-state index in [9.17, 15) is 4.79 Å². The minimum absolute atomic E-state index is 0.0737. The quantitative estimate of drug-likeness (QED) is 0.803. The summed E-state index contributed by atoms with van der Waals surface area (Å²) in [6, 6.07) is 7.23. The van der Waals surface area contributed by atoms with E-state index in [1.807, 2.05) is 25.1 Å². The highest BCUT2D eigenvalue weighted by molar-refractivity contribution is 7.80. The summed E-state index contributed by atoms with van der Waals surface area (Å²) in [5, 5.41) is 0. The van der Waals surface area contributed by atoms with Crippen molar-refractivity contribution >= 4 is 28.8 Å².